The molecule has 0 atom stereocenters. The van der Waals surface area contributed by atoms with Crippen LogP contribution in [0, 0.1) is 0 Å². The molecule has 6 heteroatoms. The van der Waals surface area contributed by atoms with Gasteiger partial charge in [0.15, 0.2) is 0 Å². The molecule has 0 aliphatic rings. The lowest BCUT2D eigenvalue weighted by molar-refractivity contribution is 0.0600. The normalized spacial score (nSPS) is 10.1. The van der Waals surface area contributed by atoms with Gasteiger partial charge < -0.3 is 15.2 Å². The Morgan fingerprint density at radius 2 is 2.05 bits per heavy atom. The van der Waals surface area contributed by atoms with E-state index < -0.39 is 0 Å². The number of nitrogens with two attached hydrogens (primary N) is 1. The fourth-order valence-electron chi connectivity index (χ4n) is 1.58. The van der Waals surface area contributed by atoms with E-state index in [1.807, 2.05) is 6.07 Å². The fraction of sp³-hybridized carbons (Fsp3) is 0.143. The Bertz CT molecular complexity index is 632. The zero-order chi connectivity index (χ0) is 14.5. The molecule has 20 heavy (non-hydrogen) atoms. The van der Waals surface area contributed by atoms with Gasteiger partial charge in [-0.05, 0) is 24.3 Å². The van der Waals surface area contributed by atoms with Crippen molar-refractivity contribution in [2.24, 2.45) is 0 Å². The van der Waals surface area contributed by atoms with E-state index in [2.05, 4.69) is 4.98 Å². The maximum Gasteiger partial charge on any atom is 0.337 e. The number of nitrogens with zero attached hydrogens (tertiary/aromatic N) is 1. The SMILES string of the molecule is COC(=O)c1cccc(Sc2cc(N)cc(OC)n2)c1. The monoisotopic (exact) mass is 290 g/mol. The lowest BCUT2D eigenvalue weighted by Gasteiger charge is -2.06. The highest BCUT2D eigenvalue weighted by Gasteiger charge is 2.08. The molecular weight excluding hydrogens is 276 g/mol. The number of pyridine rings is 1. The molecule has 0 aliphatic carbocycles. The minimum absolute atomic E-state index is 0.370. The minimum Gasteiger partial charge on any atom is -0.481 e. The Morgan fingerprint density at radius 1 is 1.25 bits per heavy atom. The molecule has 0 aliphatic heterocycles. The third-order valence-corrected chi connectivity index (χ3v) is 3.40. The van der Waals surface area contributed by atoms with E-state index in [9.17, 15) is 4.79 Å². The third-order valence-electron chi connectivity index (χ3n) is 2.49. The van der Waals surface area contributed by atoms with E-state index in [1.54, 1.807) is 30.3 Å². The standard InChI is InChI=1S/C14H14N2O3S/c1-18-12-7-10(15)8-13(16-12)20-11-5-3-4-9(6-11)14(17)19-2/h3-8H,1-2H3,(H2,15,16). The van der Waals surface area contributed by atoms with Crippen molar-refractivity contribution in [3.8, 4) is 5.88 Å². The van der Waals surface area contributed by atoms with Crippen LogP contribution in [0.5, 0.6) is 5.88 Å². The molecule has 104 valence electrons. The van der Waals surface area contributed by atoms with Crippen LogP contribution in [-0.4, -0.2) is 25.2 Å². The second-order valence-electron chi connectivity index (χ2n) is 3.90. The first kappa shape index (κ1) is 14.2. The van der Waals surface area contributed by atoms with Crippen molar-refractivity contribution >= 4 is 23.4 Å². The van der Waals surface area contributed by atoms with Crippen LogP contribution in [0.15, 0.2) is 46.3 Å². The molecule has 0 bridgehead atoms. The van der Waals surface area contributed by atoms with Crippen LogP contribution in [0.1, 0.15) is 10.4 Å². The van der Waals surface area contributed by atoms with Gasteiger partial charge >= 0.3 is 5.97 Å². The van der Waals surface area contributed by atoms with Gasteiger partial charge in [-0.3, -0.25) is 0 Å². The number of esters is 1. The fourth-order valence-corrected chi connectivity index (χ4v) is 2.49. The van der Waals surface area contributed by atoms with E-state index in [0.29, 0.717) is 22.2 Å². The number of anilines is 1. The Morgan fingerprint density at radius 3 is 2.75 bits per heavy atom. The molecule has 0 saturated carbocycles. The second-order valence-corrected chi connectivity index (χ2v) is 5.00. The van der Waals surface area contributed by atoms with E-state index in [4.69, 9.17) is 15.2 Å². The first-order valence-corrected chi connectivity index (χ1v) is 6.62. The van der Waals surface area contributed by atoms with Crippen molar-refractivity contribution in [2.75, 3.05) is 20.0 Å². The van der Waals surface area contributed by atoms with Gasteiger partial charge in [0, 0.05) is 16.6 Å². The van der Waals surface area contributed by atoms with E-state index in [1.165, 1.54) is 26.0 Å². The molecule has 5 nitrogen and oxygen atoms in total. The Hall–Kier alpha value is -2.21. The van der Waals surface area contributed by atoms with Gasteiger partial charge in [-0.1, -0.05) is 17.8 Å². The Balaban J connectivity index is 2.26. The van der Waals surface area contributed by atoms with Gasteiger partial charge in [0.1, 0.15) is 5.03 Å². The van der Waals surface area contributed by atoms with E-state index in [-0.39, 0.29) is 5.97 Å². The molecule has 0 radical (unpaired) electrons. The number of benzene rings is 1. The van der Waals surface area contributed by atoms with Crippen molar-refractivity contribution < 1.29 is 14.3 Å². The lowest BCUT2D eigenvalue weighted by atomic mass is 10.2. The Labute approximate surface area is 121 Å². The van der Waals surface area contributed by atoms with Gasteiger partial charge in [-0.15, -0.1) is 0 Å². The van der Waals surface area contributed by atoms with Crippen molar-refractivity contribution in [3.05, 3.63) is 42.0 Å². The van der Waals surface area contributed by atoms with Gasteiger partial charge in [-0.25, -0.2) is 9.78 Å². The first-order valence-electron chi connectivity index (χ1n) is 5.80. The highest BCUT2D eigenvalue weighted by molar-refractivity contribution is 7.99. The summed E-state index contributed by atoms with van der Waals surface area (Å²) in [6.45, 7) is 0. The average Bonchev–Trinajstić information content (AvgIpc) is 2.46. The van der Waals surface area contributed by atoms with Crippen LogP contribution < -0.4 is 10.5 Å². The number of hydrogen-bond acceptors (Lipinski definition) is 6. The summed E-state index contributed by atoms with van der Waals surface area (Å²) in [6, 6.07) is 10.5. The lowest BCUT2D eigenvalue weighted by Crippen LogP contribution is -2.00. The molecule has 1 heterocycles. The van der Waals surface area contributed by atoms with Gasteiger partial charge in [0.05, 0.1) is 19.8 Å². The summed E-state index contributed by atoms with van der Waals surface area (Å²) in [7, 11) is 2.89. The Kier molecular flexibility index (Phi) is 4.47. The van der Waals surface area contributed by atoms with Gasteiger partial charge in [0.2, 0.25) is 5.88 Å². The highest BCUT2D eigenvalue weighted by atomic mass is 32.2. The van der Waals surface area contributed by atoms with Crippen LogP contribution in [0.2, 0.25) is 0 Å². The van der Waals surface area contributed by atoms with Crippen LogP contribution >= 0.6 is 11.8 Å². The van der Waals surface area contributed by atoms with Crippen LogP contribution in [0.4, 0.5) is 5.69 Å². The topological polar surface area (TPSA) is 74.4 Å². The van der Waals surface area contributed by atoms with Crippen molar-refractivity contribution in [3.63, 3.8) is 0 Å². The summed E-state index contributed by atoms with van der Waals surface area (Å²) >= 11 is 1.39. The maximum atomic E-state index is 11.5. The molecule has 0 fully saturated rings. The second kappa shape index (κ2) is 6.29. The zero-order valence-corrected chi connectivity index (χ0v) is 11.9. The molecule has 0 unspecified atom stereocenters. The van der Waals surface area contributed by atoms with Crippen molar-refractivity contribution in [1.29, 1.82) is 0 Å². The molecule has 0 spiro atoms. The van der Waals surface area contributed by atoms with E-state index >= 15 is 0 Å². The molecular formula is C14H14N2O3S. The number of ether oxygens (including phenoxy) is 2. The maximum absolute atomic E-state index is 11.5. The summed E-state index contributed by atoms with van der Waals surface area (Å²) in [5.41, 5.74) is 6.85. The largest absolute Gasteiger partial charge is 0.481 e. The number of methoxy groups -OCH3 is 2. The van der Waals surface area contributed by atoms with Crippen LogP contribution in [0.25, 0.3) is 0 Å². The van der Waals surface area contributed by atoms with E-state index in [0.717, 1.165) is 4.90 Å². The number of carbonyl (C=O) groups excluding carboxylic acids is 1. The van der Waals surface area contributed by atoms with Crippen molar-refractivity contribution in [2.45, 2.75) is 9.92 Å². The summed E-state index contributed by atoms with van der Waals surface area (Å²) in [5, 5.41) is 0.698. The minimum atomic E-state index is -0.370. The third kappa shape index (κ3) is 3.42. The first-order chi connectivity index (χ1) is 9.62. The number of aromatic nitrogens is 1. The summed E-state index contributed by atoms with van der Waals surface area (Å²) in [5.74, 6) is 0.0854. The highest BCUT2D eigenvalue weighted by Crippen LogP contribution is 2.29. The smallest absolute Gasteiger partial charge is 0.337 e. The zero-order valence-electron chi connectivity index (χ0n) is 11.1. The number of nitrogen functional groups attached to an aromatic ring is 1. The molecule has 2 N–H and O–H groups in total. The predicted molar refractivity (Wildman–Crippen MR) is 77.1 cm³/mol. The summed E-state index contributed by atoms with van der Waals surface area (Å²) < 4.78 is 9.77. The molecule has 2 rings (SSSR count). The van der Waals surface area contributed by atoms with Gasteiger partial charge in [-0.2, -0.15) is 0 Å². The number of carbonyl (C=O) groups is 1. The summed E-state index contributed by atoms with van der Waals surface area (Å²) in [4.78, 5) is 16.6. The summed E-state index contributed by atoms with van der Waals surface area (Å²) in [6.07, 6.45) is 0. The average molecular weight is 290 g/mol. The molecule has 0 saturated heterocycles. The quantitative estimate of drug-likeness (QED) is 0.872. The van der Waals surface area contributed by atoms with Gasteiger partial charge in [0.25, 0.3) is 0 Å². The van der Waals surface area contributed by atoms with Crippen molar-refractivity contribution in [1.82, 2.24) is 4.98 Å². The molecule has 2 aromatic rings. The number of hydrogen-bond donors (Lipinski definition) is 1. The molecule has 1 aromatic heterocycles. The number of rotatable bonds is 4. The molecule has 1 aromatic carbocycles. The predicted octanol–water partition coefficient (Wildman–Crippen LogP) is 2.61. The van der Waals surface area contributed by atoms with Crippen LogP contribution in [-0.2, 0) is 4.74 Å². The molecule has 0 amide bonds. The van der Waals surface area contributed by atoms with Crippen LogP contribution in [0.3, 0.4) is 0 Å².